The number of allylic oxidation sites excluding steroid dienone is 8. The molecule has 2 aliphatic carbocycles. The van der Waals surface area contributed by atoms with Gasteiger partial charge in [0.15, 0.2) is 0 Å². The second-order valence-corrected chi connectivity index (χ2v) is 9.36. The van der Waals surface area contributed by atoms with Crippen LogP contribution in [0.3, 0.4) is 0 Å². The summed E-state index contributed by atoms with van der Waals surface area (Å²) in [5, 5.41) is 0. The molecule has 32 heavy (non-hydrogen) atoms. The van der Waals surface area contributed by atoms with Crippen molar-refractivity contribution >= 4 is 5.57 Å². The van der Waals surface area contributed by atoms with E-state index in [0.29, 0.717) is 5.92 Å². The Morgan fingerprint density at radius 2 is 1.94 bits per heavy atom. The van der Waals surface area contributed by atoms with Gasteiger partial charge >= 0.3 is 0 Å². The van der Waals surface area contributed by atoms with Crippen LogP contribution in [0, 0.1) is 5.92 Å². The maximum Gasteiger partial charge on any atom is 0.108 e. The summed E-state index contributed by atoms with van der Waals surface area (Å²) in [6, 6.07) is 9.28. The average molecular weight is 427 g/mol. The first kappa shape index (κ1) is 21.1. The fourth-order valence-corrected chi connectivity index (χ4v) is 4.97. The average Bonchev–Trinajstić information content (AvgIpc) is 3.67. The van der Waals surface area contributed by atoms with Crippen molar-refractivity contribution in [2.75, 3.05) is 26.3 Å². The van der Waals surface area contributed by atoms with E-state index in [-0.39, 0.29) is 0 Å². The maximum absolute atomic E-state index is 5.57. The molecule has 166 valence electrons. The van der Waals surface area contributed by atoms with Gasteiger partial charge in [-0.2, -0.15) is 0 Å². The molecule has 5 rings (SSSR count). The second-order valence-electron chi connectivity index (χ2n) is 9.36. The van der Waals surface area contributed by atoms with Crippen LogP contribution in [0.4, 0.5) is 0 Å². The lowest BCUT2D eigenvalue weighted by molar-refractivity contribution is 0.0443. The summed E-state index contributed by atoms with van der Waals surface area (Å²) in [5.74, 6) is 2.51. The van der Waals surface area contributed by atoms with Crippen LogP contribution in [0.1, 0.15) is 50.2 Å². The van der Waals surface area contributed by atoms with E-state index in [1.807, 2.05) is 0 Å². The van der Waals surface area contributed by atoms with Crippen molar-refractivity contribution in [2.45, 2.75) is 39.0 Å². The monoisotopic (exact) mass is 426 g/mol. The van der Waals surface area contributed by atoms with Gasteiger partial charge in [0.05, 0.1) is 13.2 Å². The first-order valence-electron chi connectivity index (χ1n) is 12.0. The Labute approximate surface area is 192 Å². The van der Waals surface area contributed by atoms with Crippen LogP contribution in [0.2, 0.25) is 0 Å². The van der Waals surface area contributed by atoms with Crippen LogP contribution >= 0.6 is 0 Å². The number of ether oxygens (including phenoxy) is 1. The lowest BCUT2D eigenvalue weighted by Crippen LogP contribution is -2.40. The van der Waals surface area contributed by atoms with Crippen molar-refractivity contribution in [3.8, 4) is 0 Å². The van der Waals surface area contributed by atoms with Crippen LogP contribution in [-0.2, 0) is 4.74 Å². The minimum absolute atomic E-state index is 0.553. The Kier molecular flexibility index (Phi) is 5.93. The molecule has 1 saturated heterocycles. The van der Waals surface area contributed by atoms with Gasteiger partial charge in [0, 0.05) is 25.0 Å². The molecule has 0 N–H and O–H groups in total. The Hall–Kier alpha value is -2.78. The SMILES string of the molecule is C=C1C=CC(C2=C(c3cccc(C4CC4)c3)CC(C)C=C2)=CN1/C(=C\C)N1CCOCC1. The van der Waals surface area contributed by atoms with Gasteiger partial charge < -0.3 is 14.5 Å². The largest absolute Gasteiger partial charge is 0.378 e. The molecule has 3 heteroatoms. The lowest BCUT2D eigenvalue weighted by atomic mass is 9.83. The van der Waals surface area contributed by atoms with Crippen molar-refractivity contribution in [3.63, 3.8) is 0 Å². The summed E-state index contributed by atoms with van der Waals surface area (Å²) in [5.41, 5.74) is 7.93. The Bertz CT molecular complexity index is 1040. The topological polar surface area (TPSA) is 15.7 Å². The molecule has 1 atom stereocenters. The fraction of sp³-hybridized carbons (Fsp3) is 0.379. The molecule has 0 bridgehead atoms. The fourth-order valence-electron chi connectivity index (χ4n) is 4.97. The first-order valence-corrected chi connectivity index (χ1v) is 12.0. The third-order valence-corrected chi connectivity index (χ3v) is 6.91. The van der Waals surface area contributed by atoms with E-state index in [2.05, 4.69) is 91.1 Å². The van der Waals surface area contributed by atoms with E-state index in [1.54, 1.807) is 0 Å². The highest BCUT2D eigenvalue weighted by atomic mass is 16.5. The van der Waals surface area contributed by atoms with E-state index < -0.39 is 0 Å². The standard InChI is InChI=1S/C29H34N2O/c1-4-29(30-14-16-32-17-15-30)31-20-26(10-9-22(31)3)27-13-8-21(2)18-28(27)25-7-5-6-24(19-25)23-11-12-23/h4-10,13,19-21,23H,3,11-12,14-18H2,1-2H3/b29-4-. The molecule has 0 aromatic heterocycles. The molecule has 0 radical (unpaired) electrons. The number of rotatable bonds is 5. The van der Waals surface area contributed by atoms with Crippen LogP contribution in [0.15, 0.2) is 90.1 Å². The molecule has 1 aromatic rings. The van der Waals surface area contributed by atoms with E-state index in [4.69, 9.17) is 4.74 Å². The number of benzene rings is 1. The quantitative estimate of drug-likeness (QED) is 0.543. The molecule has 1 unspecified atom stereocenters. The summed E-state index contributed by atoms with van der Waals surface area (Å²) in [6.07, 6.45) is 17.3. The van der Waals surface area contributed by atoms with Gasteiger partial charge in [0.2, 0.25) is 0 Å². The van der Waals surface area contributed by atoms with Crippen LogP contribution in [0.25, 0.3) is 5.57 Å². The highest BCUT2D eigenvalue weighted by Crippen LogP contribution is 2.42. The summed E-state index contributed by atoms with van der Waals surface area (Å²) < 4.78 is 5.57. The Morgan fingerprint density at radius 1 is 1.12 bits per heavy atom. The highest BCUT2D eigenvalue weighted by molar-refractivity contribution is 5.78. The molecule has 4 aliphatic rings. The molecule has 3 nitrogen and oxygen atoms in total. The van der Waals surface area contributed by atoms with E-state index in [9.17, 15) is 0 Å². The summed E-state index contributed by atoms with van der Waals surface area (Å²) in [7, 11) is 0. The van der Waals surface area contributed by atoms with Gasteiger partial charge in [-0.15, -0.1) is 0 Å². The van der Waals surface area contributed by atoms with Crippen molar-refractivity contribution in [2.24, 2.45) is 5.92 Å². The van der Waals surface area contributed by atoms with E-state index >= 15 is 0 Å². The molecule has 0 spiro atoms. The third kappa shape index (κ3) is 4.27. The van der Waals surface area contributed by atoms with Crippen molar-refractivity contribution in [1.82, 2.24) is 9.80 Å². The van der Waals surface area contributed by atoms with Gasteiger partial charge in [0.1, 0.15) is 5.82 Å². The predicted octanol–water partition coefficient (Wildman–Crippen LogP) is 6.38. The van der Waals surface area contributed by atoms with E-state index in [0.717, 1.165) is 44.3 Å². The normalized spacial score (nSPS) is 24.3. The number of hydrogen-bond donors (Lipinski definition) is 0. The molecule has 0 amide bonds. The summed E-state index contributed by atoms with van der Waals surface area (Å²) >= 11 is 0. The van der Waals surface area contributed by atoms with Gasteiger partial charge in [-0.25, -0.2) is 0 Å². The number of morpholine rings is 1. The summed E-state index contributed by atoms with van der Waals surface area (Å²) in [4.78, 5) is 4.65. The number of nitrogens with zero attached hydrogens (tertiary/aromatic N) is 2. The van der Waals surface area contributed by atoms with Crippen molar-refractivity contribution < 1.29 is 4.74 Å². The third-order valence-electron chi connectivity index (χ3n) is 6.91. The molecule has 1 aromatic carbocycles. The smallest absolute Gasteiger partial charge is 0.108 e. The molecule has 2 fully saturated rings. The van der Waals surface area contributed by atoms with Crippen molar-refractivity contribution in [3.05, 3.63) is 101 Å². The molecular weight excluding hydrogens is 392 g/mol. The minimum atomic E-state index is 0.553. The Balaban J connectivity index is 1.53. The zero-order chi connectivity index (χ0) is 22.1. The molecule has 2 aliphatic heterocycles. The zero-order valence-electron chi connectivity index (χ0n) is 19.4. The second kappa shape index (κ2) is 8.99. The van der Waals surface area contributed by atoms with Gasteiger partial charge in [-0.1, -0.05) is 56.0 Å². The van der Waals surface area contributed by atoms with Crippen LogP contribution in [0.5, 0.6) is 0 Å². The van der Waals surface area contributed by atoms with Crippen LogP contribution in [-0.4, -0.2) is 36.1 Å². The Morgan fingerprint density at radius 3 is 2.69 bits per heavy atom. The summed E-state index contributed by atoms with van der Waals surface area (Å²) in [6.45, 7) is 12.1. The van der Waals surface area contributed by atoms with Gasteiger partial charge in [-0.05, 0) is 78.0 Å². The maximum atomic E-state index is 5.57. The van der Waals surface area contributed by atoms with Gasteiger partial charge in [-0.3, -0.25) is 0 Å². The predicted molar refractivity (Wildman–Crippen MR) is 133 cm³/mol. The number of hydrogen-bond acceptors (Lipinski definition) is 3. The van der Waals surface area contributed by atoms with Crippen molar-refractivity contribution in [1.29, 1.82) is 0 Å². The molecular formula is C29H34N2O. The van der Waals surface area contributed by atoms with Crippen LogP contribution < -0.4 is 0 Å². The molecule has 1 saturated carbocycles. The zero-order valence-corrected chi connectivity index (χ0v) is 19.4. The van der Waals surface area contributed by atoms with E-state index in [1.165, 1.54) is 46.5 Å². The first-order chi connectivity index (χ1) is 15.6. The minimum Gasteiger partial charge on any atom is -0.378 e. The highest BCUT2D eigenvalue weighted by Gasteiger charge is 2.26. The van der Waals surface area contributed by atoms with Gasteiger partial charge in [0.25, 0.3) is 0 Å². The lowest BCUT2D eigenvalue weighted by Gasteiger charge is -2.38. The molecule has 2 heterocycles.